The first-order chi connectivity index (χ1) is 11.7. The molecule has 2 aromatic carbocycles. The average Bonchev–Trinajstić information content (AvgIpc) is 2.59. The van der Waals surface area contributed by atoms with Crippen molar-refractivity contribution in [3.05, 3.63) is 71.9 Å². The van der Waals surface area contributed by atoms with E-state index in [0.29, 0.717) is 5.69 Å². The molecule has 0 unspecified atom stereocenters. The molecule has 24 heavy (non-hydrogen) atoms. The number of carbonyl (C=O) groups is 1. The molecule has 0 saturated carbocycles. The second kappa shape index (κ2) is 7.13. The normalized spacial score (nSPS) is 10.7. The van der Waals surface area contributed by atoms with Crippen LogP contribution in [0.2, 0.25) is 0 Å². The summed E-state index contributed by atoms with van der Waals surface area (Å²) in [5, 5.41) is 10.2. The lowest BCUT2D eigenvalue weighted by atomic mass is 10.1. The van der Waals surface area contributed by atoms with Gasteiger partial charge in [-0.2, -0.15) is 0 Å². The van der Waals surface area contributed by atoms with Crippen molar-refractivity contribution in [2.45, 2.75) is 19.9 Å². The van der Waals surface area contributed by atoms with Crippen LogP contribution in [0.15, 0.2) is 60.7 Å². The summed E-state index contributed by atoms with van der Waals surface area (Å²) in [5.41, 5.74) is 3.67. The van der Waals surface area contributed by atoms with E-state index in [1.54, 1.807) is 0 Å². The van der Waals surface area contributed by atoms with Crippen molar-refractivity contribution in [2.24, 2.45) is 0 Å². The molecule has 0 radical (unpaired) electrons. The van der Waals surface area contributed by atoms with Crippen molar-refractivity contribution < 1.29 is 9.90 Å². The van der Waals surface area contributed by atoms with Crippen LogP contribution in [0.25, 0.3) is 10.9 Å². The number of carboxylic acid groups (broad SMARTS) is 1. The van der Waals surface area contributed by atoms with Gasteiger partial charge in [0.15, 0.2) is 0 Å². The Morgan fingerprint density at radius 3 is 2.50 bits per heavy atom. The van der Waals surface area contributed by atoms with E-state index in [2.05, 4.69) is 28.9 Å². The van der Waals surface area contributed by atoms with Crippen molar-refractivity contribution in [2.75, 3.05) is 11.4 Å². The summed E-state index contributed by atoms with van der Waals surface area (Å²) in [6.07, 6.45) is -0.0687. The molecule has 4 heteroatoms. The molecule has 0 aliphatic carbocycles. The Kier molecular flexibility index (Phi) is 4.75. The third kappa shape index (κ3) is 3.54. The predicted octanol–water partition coefficient (Wildman–Crippen LogP) is 3.89. The molecule has 4 nitrogen and oxygen atoms in total. The van der Waals surface area contributed by atoms with Gasteiger partial charge in [-0.25, -0.2) is 0 Å². The smallest absolute Gasteiger partial charge is 0.309 e. The molecular formula is C20H20N2O2. The number of nitrogens with zero attached hydrogens (tertiary/aromatic N) is 2. The predicted molar refractivity (Wildman–Crippen MR) is 96.2 cm³/mol. The van der Waals surface area contributed by atoms with Crippen molar-refractivity contribution in [1.82, 2.24) is 4.98 Å². The van der Waals surface area contributed by atoms with E-state index in [4.69, 9.17) is 5.11 Å². The average molecular weight is 320 g/mol. The highest BCUT2D eigenvalue weighted by molar-refractivity contribution is 5.92. The van der Waals surface area contributed by atoms with E-state index in [0.717, 1.165) is 29.7 Å². The van der Waals surface area contributed by atoms with Crippen molar-refractivity contribution in [3.8, 4) is 0 Å². The van der Waals surface area contributed by atoms with Crippen LogP contribution >= 0.6 is 0 Å². The van der Waals surface area contributed by atoms with E-state index in [1.165, 1.54) is 5.56 Å². The third-order valence-electron chi connectivity index (χ3n) is 4.02. The van der Waals surface area contributed by atoms with E-state index in [-0.39, 0.29) is 6.42 Å². The molecule has 3 aromatic rings. The number of fused-ring (bicyclic) bond motifs is 1. The van der Waals surface area contributed by atoms with Crippen molar-refractivity contribution >= 4 is 22.6 Å². The summed E-state index contributed by atoms with van der Waals surface area (Å²) in [6, 6.07) is 20.1. The molecule has 1 aromatic heterocycles. The van der Waals surface area contributed by atoms with E-state index in [1.807, 2.05) is 48.5 Å². The highest BCUT2D eigenvalue weighted by atomic mass is 16.4. The molecule has 0 aliphatic rings. The molecule has 0 saturated heterocycles. The summed E-state index contributed by atoms with van der Waals surface area (Å²) in [6.45, 7) is 3.71. The highest BCUT2D eigenvalue weighted by Gasteiger charge is 2.13. The van der Waals surface area contributed by atoms with Gasteiger partial charge in [0, 0.05) is 24.2 Å². The Labute approximate surface area is 141 Å². The maximum Gasteiger partial charge on any atom is 0.309 e. The molecule has 0 aliphatic heterocycles. The summed E-state index contributed by atoms with van der Waals surface area (Å²) in [4.78, 5) is 17.8. The Balaban J connectivity index is 2.05. The zero-order valence-electron chi connectivity index (χ0n) is 13.6. The zero-order chi connectivity index (χ0) is 16.9. The molecule has 0 fully saturated rings. The molecule has 0 spiro atoms. The van der Waals surface area contributed by atoms with Crippen LogP contribution in [-0.2, 0) is 17.8 Å². The molecular weight excluding hydrogens is 300 g/mol. The molecule has 3 rings (SSSR count). The minimum Gasteiger partial charge on any atom is -0.481 e. The topological polar surface area (TPSA) is 53.4 Å². The fourth-order valence-electron chi connectivity index (χ4n) is 2.89. The number of pyridine rings is 1. The number of hydrogen-bond acceptors (Lipinski definition) is 3. The van der Waals surface area contributed by atoms with Gasteiger partial charge in [0.1, 0.15) is 0 Å². The maximum atomic E-state index is 11.1. The van der Waals surface area contributed by atoms with Gasteiger partial charge in [-0.05, 0) is 24.6 Å². The Morgan fingerprint density at radius 2 is 1.79 bits per heavy atom. The highest BCUT2D eigenvalue weighted by Crippen LogP contribution is 2.28. The zero-order valence-corrected chi connectivity index (χ0v) is 13.6. The standard InChI is InChI=1S/C20H20N2O2/c1-2-22(14-15-8-4-3-5-9-15)19-12-16(13-20(23)24)21-18-11-7-6-10-17(18)19/h3-12H,2,13-14H2,1H3,(H,23,24). The third-order valence-corrected chi connectivity index (χ3v) is 4.02. The first kappa shape index (κ1) is 16.0. The lowest BCUT2D eigenvalue weighted by Crippen LogP contribution is -2.22. The SMILES string of the molecule is CCN(Cc1ccccc1)c1cc(CC(=O)O)nc2ccccc12. The largest absolute Gasteiger partial charge is 0.481 e. The van der Waals surface area contributed by atoms with Crippen LogP contribution in [-0.4, -0.2) is 22.6 Å². The second-order valence-corrected chi connectivity index (χ2v) is 5.72. The van der Waals surface area contributed by atoms with Gasteiger partial charge in [-0.15, -0.1) is 0 Å². The summed E-state index contributed by atoms with van der Waals surface area (Å²) < 4.78 is 0. The van der Waals surface area contributed by atoms with Crippen LogP contribution < -0.4 is 4.90 Å². The van der Waals surface area contributed by atoms with Gasteiger partial charge in [0.2, 0.25) is 0 Å². The Bertz CT molecular complexity index is 847. The van der Waals surface area contributed by atoms with Gasteiger partial charge in [-0.1, -0.05) is 48.5 Å². The Hall–Kier alpha value is -2.88. The minimum absolute atomic E-state index is 0.0687. The molecule has 122 valence electrons. The first-order valence-electron chi connectivity index (χ1n) is 8.06. The van der Waals surface area contributed by atoms with Crippen molar-refractivity contribution in [1.29, 1.82) is 0 Å². The quantitative estimate of drug-likeness (QED) is 0.748. The molecule has 0 amide bonds. The lowest BCUT2D eigenvalue weighted by molar-refractivity contribution is -0.136. The summed E-state index contributed by atoms with van der Waals surface area (Å²) in [7, 11) is 0. The lowest BCUT2D eigenvalue weighted by Gasteiger charge is -2.25. The van der Waals surface area contributed by atoms with Crippen LogP contribution in [0.3, 0.4) is 0 Å². The number of rotatable bonds is 6. The Morgan fingerprint density at radius 1 is 1.08 bits per heavy atom. The number of aliphatic carboxylic acids is 1. The number of para-hydroxylation sites is 1. The van der Waals surface area contributed by atoms with Crippen molar-refractivity contribution in [3.63, 3.8) is 0 Å². The van der Waals surface area contributed by atoms with Gasteiger partial charge in [0.25, 0.3) is 0 Å². The van der Waals surface area contributed by atoms with Gasteiger partial charge in [0.05, 0.1) is 17.6 Å². The van der Waals surface area contributed by atoms with E-state index in [9.17, 15) is 4.79 Å². The molecule has 0 bridgehead atoms. The van der Waals surface area contributed by atoms with E-state index < -0.39 is 5.97 Å². The van der Waals surface area contributed by atoms with E-state index >= 15 is 0 Å². The van der Waals surface area contributed by atoms with Gasteiger partial charge >= 0.3 is 5.97 Å². The van der Waals surface area contributed by atoms with Crippen LogP contribution in [0.4, 0.5) is 5.69 Å². The maximum absolute atomic E-state index is 11.1. The summed E-state index contributed by atoms with van der Waals surface area (Å²) in [5.74, 6) is -0.866. The fourth-order valence-corrected chi connectivity index (χ4v) is 2.89. The van der Waals surface area contributed by atoms with Crippen LogP contribution in [0, 0.1) is 0 Å². The molecule has 1 heterocycles. The number of carboxylic acids is 1. The first-order valence-corrected chi connectivity index (χ1v) is 8.06. The number of benzene rings is 2. The molecule has 1 N–H and O–H groups in total. The monoisotopic (exact) mass is 320 g/mol. The number of aromatic nitrogens is 1. The minimum atomic E-state index is -0.866. The summed E-state index contributed by atoms with van der Waals surface area (Å²) >= 11 is 0. The second-order valence-electron chi connectivity index (χ2n) is 5.72. The van der Waals surface area contributed by atoms with Gasteiger partial charge < -0.3 is 10.0 Å². The van der Waals surface area contributed by atoms with Crippen LogP contribution in [0.1, 0.15) is 18.2 Å². The van der Waals surface area contributed by atoms with Crippen LogP contribution in [0.5, 0.6) is 0 Å². The number of hydrogen-bond donors (Lipinski definition) is 1. The van der Waals surface area contributed by atoms with Gasteiger partial charge in [-0.3, -0.25) is 9.78 Å². The number of anilines is 1. The fraction of sp³-hybridized carbons (Fsp3) is 0.200. The molecule has 0 atom stereocenters.